The van der Waals surface area contributed by atoms with Crippen molar-refractivity contribution in [2.45, 2.75) is 24.8 Å². The molecule has 0 aliphatic heterocycles. The summed E-state index contributed by atoms with van der Waals surface area (Å²) in [5, 5.41) is 4.27. The van der Waals surface area contributed by atoms with Crippen molar-refractivity contribution < 1.29 is 4.79 Å². The van der Waals surface area contributed by atoms with Crippen LogP contribution in [0.25, 0.3) is 10.9 Å². The molecular weight excluding hydrogens is 316 g/mol. The lowest BCUT2D eigenvalue weighted by Gasteiger charge is -2.08. The van der Waals surface area contributed by atoms with E-state index in [-0.39, 0.29) is 5.91 Å². The molecule has 0 fully saturated rings. The molecule has 0 spiro atoms. The van der Waals surface area contributed by atoms with Gasteiger partial charge in [0.25, 0.3) is 0 Å². The molecule has 2 aromatic carbocycles. The minimum atomic E-state index is 0.0978. The van der Waals surface area contributed by atoms with Gasteiger partial charge in [0.1, 0.15) is 0 Å². The highest BCUT2D eigenvalue weighted by atomic mass is 32.2. The number of para-hydroxylation sites is 1. The number of carbonyl (C=O) groups excluding carboxylic acids is 1. The Morgan fingerprint density at radius 3 is 2.75 bits per heavy atom. The average Bonchev–Trinajstić information content (AvgIpc) is 3.01. The summed E-state index contributed by atoms with van der Waals surface area (Å²) in [7, 11) is 0. The SMILES string of the molecule is Cc1ccccc1SCC(=O)NCCCn1ccc2ccccc21. The molecule has 0 aliphatic rings. The number of fused-ring (bicyclic) bond motifs is 1. The summed E-state index contributed by atoms with van der Waals surface area (Å²) >= 11 is 1.60. The Hall–Kier alpha value is -2.20. The van der Waals surface area contributed by atoms with Gasteiger partial charge in [0.05, 0.1) is 5.75 Å². The zero-order chi connectivity index (χ0) is 16.8. The predicted octanol–water partition coefficient (Wildman–Crippen LogP) is 4.25. The fourth-order valence-electron chi connectivity index (χ4n) is 2.73. The maximum absolute atomic E-state index is 12.0. The molecule has 3 rings (SSSR count). The van der Waals surface area contributed by atoms with E-state index in [4.69, 9.17) is 0 Å². The summed E-state index contributed by atoms with van der Waals surface area (Å²) in [4.78, 5) is 13.1. The van der Waals surface area contributed by atoms with E-state index < -0.39 is 0 Å². The van der Waals surface area contributed by atoms with Crippen LogP contribution in [0.4, 0.5) is 0 Å². The standard InChI is InChI=1S/C20H22N2OS/c1-16-7-2-5-10-19(16)24-15-20(23)21-12-6-13-22-14-11-17-8-3-4-9-18(17)22/h2-5,7-11,14H,6,12-13,15H2,1H3,(H,21,23). The Labute approximate surface area is 147 Å². The van der Waals surface area contributed by atoms with E-state index in [1.807, 2.05) is 12.1 Å². The van der Waals surface area contributed by atoms with Crippen LogP contribution in [-0.2, 0) is 11.3 Å². The zero-order valence-electron chi connectivity index (χ0n) is 13.9. The molecule has 0 bridgehead atoms. The number of aromatic nitrogens is 1. The van der Waals surface area contributed by atoms with Crippen LogP contribution >= 0.6 is 11.8 Å². The van der Waals surface area contributed by atoms with Crippen molar-refractivity contribution in [1.29, 1.82) is 0 Å². The maximum Gasteiger partial charge on any atom is 0.230 e. The Morgan fingerprint density at radius 2 is 1.88 bits per heavy atom. The van der Waals surface area contributed by atoms with Crippen LogP contribution in [0.3, 0.4) is 0 Å². The van der Waals surface area contributed by atoms with E-state index >= 15 is 0 Å². The second-order valence-electron chi connectivity index (χ2n) is 5.83. The van der Waals surface area contributed by atoms with Gasteiger partial charge in [-0.1, -0.05) is 36.4 Å². The lowest BCUT2D eigenvalue weighted by molar-refractivity contribution is -0.118. The highest BCUT2D eigenvalue weighted by Crippen LogP contribution is 2.21. The molecule has 3 aromatic rings. The first-order valence-corrected chi connectivity index (χ1v) is 9.21. The molecule has 0 saturated heterocycles. The molecule has 3 nitrogen and oxygen atoms in total. The first-order chi connectivity index (χ1) is 11.7. The number of amides is 1. The van der Waals surface area contributed by atoms with E-state index in [1.54, 1.807) is 11.8 Å². The second-order valence-corrected chi connectivity index (χ2v) is 6.84. The minimum absolute atomic E-state index is 0.0978. The topological polar surface area (TPSA) is 34.0 Å². The first kappa shape index (κ1) is 16.7. The van der Waals surface area contributed by atoms with Gasteiger partial charge in [-0.2, -0.15) is 0 Å². The number of nitrogens with zero attached hydrogens (tertiary/aromatic N) is 1. The molecule has 1 amide bonds. The molecule has 1 aromatic heterocycles. The summed E-state index contributed by atoms with van der Waals surface area (Å²) in [6, 6.07) is 18.7. The lowest BCUT2D eigenvalue weighted by Crippen LogP contribution is -2.26. The summed E-state index contributed by atoms with van der Waals surface area (Å²) in [6.07, 6.45) is 3.04. The number of nitrogens with one attached hydrogen (secondary N) is 1. The quantitative estimate of drug-likeness (QED) is 0.516. The normalized spacial score (nSPS) is 10.9. The van der Waals surface area contributed by atoms with Crippen molar-refractivity contribution in [3.63, 3.8) is 0 Å². The van der Waals surface area contributed by atoms with Gasteiger partial charge in [-0.3, -0.25) is 4.79 Å². The molecule has 1 N–H and O–H groups in total. The van der Waals surface area contributed by atoms with E-state index in [9.17, 15) is 4.79 Å². The number of carbonyl (C=O) groups is 1. The molecular formula is C20H22N2OS. The molecule has 124 valence electrons. The van der Waals surface area contributed by atoms with Gasteiger partial charge < -0.3 is 9.88 Å². The van der Waals surface area contributed by atoms with Crippen molar-refractivity contribution >= 4 is 28.6 Å². The number of thioether (sulfide) groups is 1. The molecule has 0 atom stereocenters. The maximum atomic E-state index is 12.0. The van der Waals surface area contributed by atoms with Crippen LogP contribution < -0.4 is 5.32 Å². The highest BCUT2D eigenvalue weighted by molar-refractivity contribution is 8.00. The largest absolute Gasteiger partial charge is 0.355 e. The summed E-state index contributed by atoms with van der Waals surface area (Å²) in [6.45, 7) is 3.69. The highest BCUT2D eigenvalue weighted by Gasteiger charge is 2.04. The van der Waals surface area contributed by atoms with Crippen molar-refractivity contribution in [3.05, 3.63) is 66.4 Å². The van der Waals surface area contributed by atoms with Gasteiger partial charge in [0, 0.05) is 29.7 Å². The van der Waals surface area contributed by atoms with E-state index in [2.05, 4.69) is 65.5 Å². The summed E-state index contributed by atoms with van der Waals surface area (Å²) in [5.74, 6) is 0.567. The number of aryl methyl sites for hydroxylation is 2. The van der Waals surface area contributed by atoms with Crippen LogP contribution in [0, 0.1) is 6.92 Å². The van der Waals surface area contributed by atoms with Crippen LogP contribution in [0.2, 0.25) is 0 Å². The predicted molar refractivity (Wildman–Crippen MR) is 101 cm³/mol. The Balaban J connectivity index is 1.40. The van der Waals surface area contributed by atoms with Gasteiger partial charge in [-0.25, -0.2) is 0 Å². The zero-order valence-corrected chi connectivity index (χ0v) is 14.7. The van der Waals surface area contributed by atoms with E-state index in [0.717, 1.165) is 13.0 Å². The summed E-state index contributed by atoms with van der Waals surface area (Å²) in [5.41, 5.74) is 2.47. The van der Waals surface area contributed by atoms with Gasteiger partial charge in [0.15, 0.2) is 0 Å². The minimum Gasteiger partial charge on any atom is -0.355 e. The lowest BCUT2D eigenvalue weighted by atomic mass is 10.2. The van der Waals surface area contributed by atoms with Gasteiger partial charge in [-0.15, -0.1) is 11.8 Å². The van der Waals surface area contributed by atoms with Gasteiger partial charge >= 0.3 is 0 Å². The number of hydrogen-bond acceptors (Lipinski definition) is 2. The van der Waals surface area contributed by atoms with Crippen molar-refractivity contribution in [1.82, 2.24) is 9.88 Å². The Morgan fingerprint density at radius 1 is 1.08 bits per heavy atom. The van der Waals surface area contributed by atoms with Crippen LogP contribution in [-0.4, -0.2) is 22.8 Å². The van der Waals surface area contributed by atoms with Crippen molar-refractivity contribution in [2.75, 3.05) is 12.3 Å². The molecule has 1 heterocycles. The Bertz CT molecular complexity index is 825. The molecule has 0 unspecified atom stereocenters. The second kappa shape index (κ2) is 8.06. The number of benzene rings is 2. The molecule has 4 heteroatoms. The third kappa shape index (κ3) is 4.20. The number of rotatable bonds is 7. The average molecular weight is 338 g/mol. The third-order valence-electron chi connectivity index (χ3n) is 4.03. The van der Waals surface area contributed by atoms with Gasteiger partial charge in [0.2, 0.25) is 5.91 Å². The van der Waals surface area contributed by atoms with E-state index in [0.29, 0.717) is 12.3 Å². The first-order valence-electron chi connectivity index (χ1n) is 8.23. The Kier molecular flexibility index (Phi) is 5.59. The third-order valence-corrected chi connectivity index (χ3v) is 5.21. The fraction of sp³-hybridized carbons (Fsp3) is 0.250. The van der Waals surface area contributed by atoms with Crippen LogP contribution in [0.1, 0.15) is 12.0 Å². The molecule has 24 heavy (non-hydrogen) atoms. The summed E-state index contributed by atoms with van der Waals surface area (Å²) < 4.78 is 2.24. The van der Waals surface area contributed by atoms with E-state index in [1.165, 1.54) is 21.4 Å². The van der Waals surface area contributed by atoms with Crippen molar-refractivity contribution in [2.24, 2.45) is 0 Å². The van der Waals surface area contributed by atoms with Gasteiger partial charge in [-0.05, 0) is 42.5 Å². The van der Waals surface area contributed by atoms with Crippen molar-refractivity contribution in [3.8, 4) is 0 Å². The monoisotopic (exact) mass is 338 g/mol. The molecule has 0 saturated carbocycles. The van der Waals surface area contributed by atoms with Crippen LogP contribution in [0.15, 0.2) is 65.7 Å². The molecule has 0 radical (unpaired) electrons. The fourth-order valence-corrected chi connectivity index (χ4v) is 3.58. The van der Waals surface area contributed by atoms with Crippen LogP contribution in [0.5, 0.6) is 0 Å². The molecule has 0 aliphatic carbocycles. The number of hydrogen-bond donors (Lipinski definition) is 1. The smallest absolute Gasteiger partial charge is 0.230 e.